The highest BCUT2D eigenvalue weighted by Gasteiger charge is 2.59. The number of piperidine rings is 1. The summed E-state index contributed by atoms with van der Waals surface area (Å²) in [5, 5.41) is 10.0. The molecule has 1 aliphatic heterocycles. The molecule has 0 aromatic rings. The summed E-state index contributed by atoms with van der Waals surface area (Å²) in [7, 11) is 1.55. The van der Waals surface area contributed by atoms with Gasteiger partial charge < -0.3 is 9.84 Å². The zero-order valence-electron chi connectivity index (χ0n) is 9.60. The molecule has 2 aliphatic rings. The van der Waals surface area contributed by atoms with Gasteiger partial charge in [-0.15, -0.1) is 0 Å². The maximum absolute atomic E-state index is 11.7. The molecule has 0 radical (unpaired) electrons. The zero-order valence-corrected chi connectivity index (χ0v) is 9.60. The van der Waals surface area contributed by atoms with Crippen molar-refractivity contribution in [2.24, 2.45) is 11.8 Å². The lowest BCUT2D eigenvalue weighted by Crippen LogP contribution is -2.45. The highest BCUT2D eigenvalue weighted by Crippen LogP contribution is 2.47. The SMILES string of the molecule is COCCC(C)(O)CN1C(=O)C2CC2C1=O. The van der Waals surface area contributed by atoms with Crippen molar-refractivity contribution in [1.82, 2.24) is 4.90 Å². The average molecular weight is 227 g/mol. The third-order valence-corrected chi connectivity index (χ3v) is 3.30. The van der Waals surface area contributed by atoms with E-state index in [1.54, 1.807) is 14.0 Å². The Morgan fingerprint density at radius 1 is 1.44 bits per heavy atom. The number of methoxy groups -OCH3 is 1. The van der Waals surface area contributed by atoms with E-state index in [2.05, 4.69) is 0 Å². The minimum atomic E-state index is -1.06. The van der Waals surface area contributed by atoms with E-state index in [0.717, 1.165) is 0 Å². The van der Waals surface area contributed by atoms with Gasteiger partial charge in [0.05, 0.1) is 24.0 Å². The first-order valence-electron chi connectivity index (χ1n) is 5.53. The summed E-state index contributed by atoms with van der Waals surface area (Å²) in [4.78, 5) is 24.5. The van der Waals surface area contributed by atoms with Gasteiger partial charge in [-0.1, -0.05) is 0 Å². The quantitative estimate of drug-likeness (QED) is 0.659. The second-order valence-electron chi connectivity index (χ2n) is 4.95. The predicted octanol–water partition coefficient (Wildman–Crippen LogP) is -0.221. The molecule has 1 heterocycles. The Hall–Kier alpha value is -0.940. The van der Waals surface area contributed by atoms with Crippen LogP contribution in [0.15, 0.2) is 0 Å². The van der Waals surface area contributed by atoms with Crippen LogP contribution in [0.3, 0.4) is 0 Å². The fourth-order valence-corrected chi connectivity index (χ4v) is 2.15. The number of amides is 2. The highest BCUT2D eigenvalue weighted by molar-refractivity contribution is 6.08. The molecule has 5 nitrogen and oxygen atoms in total. The van der Waals surface area contributed by atoms with E-state index in [1.165, 1.54) is 4.90 Å². The molecule has 2 rings (SSSR count). The standard InChI is InChI=1S/C11H17NO4/c1-11(15,3-4-16-2)6-12-9(13)7-5-8(7)10(12)14/h7-8,15H,3-6H2,1-2H3. The van der Waals surface area contributed by atoms with Crippen molar-refractivity contribution in [1.29, 1.82) is 0 Å². The van der Waals surface area contributed by atoms with Gasteiger partial charge in [0, 0.05) is 20.1 Å². The van der Waals surface area contributed by atoms with E-state index >= 15 is 0 Å². The number of nitrogens with zero attached hydrogens (tertiary/aromatic N) is 1. The van der Waals surface area contributed by atoms with Crippen LogP contribution >= 0.6 is 0 Å². The molecule has 3 atom stereocenters. The van der Waals surface area contributed by atoms with Crippen LogP contribution in [0.1, 0.15) is 19.8 Å². The lowest BCUT2D eigenvalue weighted by Gasteiger charge is -2.28. The second-order valence-corrected chi connectivity index (χ2v) is 4.95. The molecule has 1 saturated carbocycles. The summed E-state index contributed by atoms with van der Waals surface area (Å²) in [5.74, 6) is -0.420. The van der Waals surface area contributed by atoms with E-state index < -0.39 is 5.60 Å². The van der Waals surface area contributed by atoms with Gasteiger partial charge in [0.25, 0.3) is 0 Å². The molecule has 3 unspecified atom stereocenters. The number of ether oxygens (including phenoxy) is 1. The van der Waals surface area contributed by atoms with Gasteiger partial charge >= 0.3 is 0 Å². The van der Waals surface area contributed by atoms with Crippen molar-refractivity contribution in [3.05, 3.63) is 0 Å². The van der Waals surface area contributed by atoms with Gasteiger partial charge in [0.15, 0.2) is 0 Å². The predicted molar refractivity (Wildman–Crippen MR) is 55.4 cm³/mol. The molecule has 1 saturated heterocycles. The number of fused-ring (bicyclic) bond motifs is 1. The number of imide groups is 1. The number of carbonyl (C=O) groups is 2. The molecule has 0 spiro atoms. The largest absolute Gasteiger partial charge is 0.388 e. The molecule has 1 aliphatic carbocycles. The minimum Gasteiger partial charge on any atom is -0.388 e. The Kier molecular flexibility index (Phi) is 2.75. The van der Waals surface area contributed by atoms with Gasteiger partial charge in [0.2, 0.25) is 11.8 Å². The van der Waals surface area contributed by atoms with Gasteiger partial charge in [-0.2, -0.15) is 0 Å². The molecular formula is C11H17NO4. The van der Waals surface area contributed by atoms with E-state index in [4.69, 9.17) is 4.74 Å². The Balaban J connectivity index is 1.94. The first-order valence-corrected chi connectivity index (χ1v) is 5.53. The Labute approximate surface area is 94.4 Å². The number of rotatable bonds is 5. The van der Waals surface area contributed by atoms with Crippen LogP contribution in [0.2, 0.25) is 0 Å². The molecule has 5 heteroatoms. The van der Waals surface area contributed by atoms with Crippen LogP contribution < -0.4 is 0 Å². The molecule has 0 aromatic carbocycles. The first-order chi connectivity index (χ1) is 7.46. The fraction of sp³-hybridized carbons (Fsp3) is 0.818. The van der Waals surface area contributed by atoms with E-state index in [0.29, 0.717) is 19.4 Å². The first kappa shape index (κ1) is 11.5. The van der Waals surface area contributed by atoms with Crippen molar-refractivity contribution in [3.63, 3.8) is 0 Å². The maximum Gasteiger partial charge on any atom is 0.233 e. The average Bonchev–Trinajstić information content (AvgIpc) is 2.97. The fourth-order valence-electron chi connectivity index (χ4n) is 2.15. The van der Waals surface area contributed by atoms with Crippen LogP contribution in [-0.4, -0.2) is 47.7 Å². The van der Waals surface area contributed by atoms with Crippen molar-refractivity contribution in [2.45, 2.75) is 25.4 Å². The Bertz CT molecular complexity index is 306. The summed E-state index contributed by atoms with van der Waals surface area (Å²) in [6.07, 6.45) is 1.12. The maximum atomic E-state index is 11.7. The van der Waals surface area contributed by atoms with E-state index in [9.17, 15) is 14.7 Å². The molecule has 90 valence electrons. The lowest BCUT2D eigenvalue weighted by molar-refractivity contribution is -0.145. The van der Waals surface area contributed by atoms with Crippen molar-refractivity contribution >= 4 is 11.8 Å². The van der Waals surface area contributed by atoms with Crippen LogP contribution in [0.5, 0.6) is 0 Å². The second kappa shape index (κ2) is 3.82. The molecular weight excluding hydrogens is 210 g/mol. The van der Waals surface area contributed by atoms with E-state index in [-0.39, 0.29) is 30.2 Å². The molecule has 2 amide bonds. The number of carbonyl (C=O) groups excluding carboxylic acids is 2. The zero-order chi connectivity index (χ0) is 11.9. The molecule has 0 bridgehead atoms. The molecule has 16 heavy (non-hydrogen) atoms. The number of β-amino-alcohol motifs (C(OH)–C–C–N with tert-alkyl or cyclic N) is 1. The van der Waals surface area contributed by atoms with E-state index in [1.807, 2.05) is 0 Å². The summed E-state index contributed by atoms with van der Waals surface area (Å²) < 4.78 is 4.88. The summed E-state index contributed by atoms with van der Waals surface area (Å²) in [6, 6.07) is 0. The number of aliphatic hydroxyl groups is 1. The summed E-state index contributed by atoms with van der Waals surface area (Å²) in [6.45, 7) is 2.12. The van der Waals surface area contributed by atoms with Crippen molar-refractivity contribution < 1.29 is 19.4 Å². The topological polar surface area (TPSA) is 66.8 Å². The van der Waals surface area contributed by atoms with Gasteiger partial charge in [-0.3, -0.25) is 14.5 Å². The van der Waals surface area contributed by atoms with Gasteiger partial charge in [-0.25, -0.2) is 0 Å². The molecule has 1 N–H and O–H groups in total. The summed E-state index contributed by atoms with van der Waals surface area (Å²) >= 11 is 0. The molecule has 2 fully saturated rings. The highest BCUT2D eigenvalue weighted by atomic mass is 16.5. The van der Waals surface area contributed by atoms with Crippen LogP contribution in [0, 0.1) is 11.8 Å². The third-order valence-electron chi connectivity index (χ3n) is 3.30. The monoisotopic (exact) mass is 227 g/mol. The lowest BCUT2D eigenvalue weighted by atomic mass is 10.0. The number of hydrogen-bond donors (Lipinski definition) is 1. The Morgan fingerprint density at radius 2 is 2.00 bits per heavy atom. The van der Waals surface area contributed by atoms with Crippen LogP contribution in [-0.2, 0) is 14.3 Å². The number of likely N-dealkylation sites (tertiary alicyclic amines) is 1. The van der Waals surface area contributed by atoms with Crippen molar-refractivity contribution in [2.75, 3.05) is 20.3 Å². The normalized spacial score (nSPS) is 31.6. The smallest absolute Gasteiger partial charge is 0.233 e. The van der Waals surface area contributed by atoms with Gasteiger partial charge in [-0.05, 0) is 13.3 Å². The summed E-state index contributed by atoms with van der Waals surface area (Å²) in [5.41, 5.74) is -1.06. The number of hydrogen-bond acceptors (Lipinski definition) is 4. The van der Waals surface area contributed by atoms with Gasteiger partial charge in [0.1, 0.15) is 0 Å². The molecule has 0 aromatic heterocycles. The minimum absolute atomic E-state index is 0.0844. The van der Waals surface area contributed by atoms with Crippen molar-refractivity contribution in [3.8, 4) is 0 Å². The van der Waals surface area contributed by atoms with Crippen LogP contribution in [0.25, 0.3) is 0 Å². The third kappa shape index (κ3) is 1.97. The Morgan fingerprint density at radius 3 is 2.50 bits per heavy atom. The van der Waals surface area contributed by atoms with Crippen LogP contribution in [0.4, 0.5) is 0 Å².